The van der Waals surface area contributed by atoms with Crippen LogP contribution in [0.25, 0.3) is 0 Å². The maximum absolute atomic E-state index is 10.2. The number of hydrogen-bond acceptors (Lipinski definition) is 3. The molecule has 3 nitrogen and oxygen atoms in total. The fraction of sp³-hybridized carbons (Fsp3) is 0.462. The highest BCUT2D eigenvalue weighted by molar-refractivity contribution is 7.10. The number of hydrogen-bond donors (Lipinski definition) is 1. The molecule has 0 saturated heterocycles. The van der Waals surface area contributed by atoms with E-state index in [9.17, 15) is 5.11 Å². The second kappa shape index (κ2) is 5.47. The van der Waals surface area contributed by atoms with E-state index < -0.39 is 0 Å². The summed E-state index contributed by atoms with van der Waals surface area (Å²) in [5.74, 6) is 0. The van der Waals surface area contributed by atoms with Crippen LogP contribution >= 0.6 is 11.3 Å². The summed E-state index contributed by atoms with van der Waals surface area (Å²) in [6, 6.07) is 2.10. The van der Waals surface area contributed by atoms with Crippen LogP contribution < -0.4 is 0 Å². The molecule has 0 spiro atoms. The van der Waals surface area contributed by atoms with Crippen LogP contribution in [0.15, 0.2) is 23.8 Å². The molecule has 2 rings (SSSR count). The third kappa shape index (κ3) is 2.96. The summed E-state index contributed by atoms with van der Waals surface area (Å²) in [5, 5.41) is 16.4. The summed E-state index contributed by atoms with van der Waals surface area (Å²) in [5.41, 5.74) is 2.45. The summed E-state index contributed by atoms with van der Waals surface area (Å²) < 4.78 is 1.80. The van der Waals surface area contributed by atoms with Crippen LogP contribution in [0.3, 0.4) is 0 Å². The van der Waals surface area contributed by atoms with Gasteiger partial charge in [0.25, 0.3) is 0 Å². The zero-order valence-electron chi connectivity index (χ0n) is 10.3. The van der Waals surface area contributed by atoms with Crippen LogP contribution in [0.2, 0.25) is 0 Å². The highest BCUT2D eigenvalue weighted by atomic mass is 32.1. The van der Waals surface area contributed by atoms with Gasteiger partial charge in [0, 0.05) is 18.1 Å². The van der Waals surface area contributed by atoms with Gasteiger partial charge in [0.15, 0.2) is 0 Å². The van der Waals surface area contributed by atoms with Gasteiger partial charge in [-0.1, -0.05) is 6.92 Å². The molecule has 0 aliphatic rings. The average molecular weight is 250 g/mol. The van der Waals surface area contributed by atoms with Crippen molar-refractivity contribution in [3.63, 3.8) is 0 Å². The highest BCUT2D eigenvalue weighted by Gasteiger charge is 2.13. The minimum atomic E-state index is -0.342. The van der Waals surface area contributed by atoms with Gasteiger partial charge in [-0.15, -0.1) is 11.3 Å². The number of thiophene rings is 1. The first-order valence-electron chi connectivity index (χ1n) is 5.92. The van der Waals surface area contributed by atoms with Crippen LogP contribution in [-0.4, -0.2) is 14.9 Å². The highest BCUT2D eigenvalue weighted by Crippen LogP contribution is 2.28. The van der Waals surface area contributed by atoms with E-state index in [0.717, 1.165) is 24.1 Å². The van der Waals surface area contributed by atoms with Crippen molar-refractivity contribution >= 4 is 11.3 Å². The van der Waals surface area contributed by atoms with Gasteiger partial charge in [0.1, 0.15) is 0 Å². The molecule has 0 radical (unpaired) electrons. The second-order valence-corrected chi connectivity index (χ2v) is 5.19. The molecule has 0 bridgehead atoms. The molecule has 2 aromatic heterocycles. The van der Waals surface area contributed by atoms with Crippen molar-refractivity contribution in [2.45, 2.75) is 32.3 Å². The van der Waals surface area contributed by atoms with Crippen molar-refractivity contribution in [3.05, 3.63) is 39.8 Å². The van der Waals surface area contributed by atoms with Crippen molar-refractivity contribution in [2.24, 2.45) is 7.05 Å². The van der Waals surface area contributed by atoms with Crippen LogP contribution in [0.1, 0.15) is 35.5 Å². The van der Waals surface area contributed by atoms with E-state index in [1.54, 1.807) is 16.0 Å². The van der Waals surface area contributed by atoms with Crippen molar-refractivity contribution in [2.75, 3.05) is 0 Å². The first kappa shape index (κ1) is 12.3. The zero-order chi connectivity index (χ0) is 12.3. The van der Waals surface area contributed by atoms with Crippen LogP contribution in [0.5, 0.6) is 0 Å². The Labute approximate surface area is 106 Å². The van der Waals surface area contributed by atoms with E-state index >= 15 is 0 Å². The summed E-state index contributed by atoms with van der Waals surface area (Å²) in [4.78, 5) is 1.12. The Bertz CT molecular complexity index is 475. The van der Waals surface area contributed by atoms with E-state index in [1.807, 2.05) is 19.4 Å². The molecular weight excluding hydrogens is 232 g/mol. The Morgan fingerprint density at radius 3 is 3.00 bits per heavy atom. The normalized spacial score (nSPS) is 12.9. The third-order valence-corrected chi connectivity index (χ3v) is 3.99. The Hall–Kier alpha value is -1.13. The molecule has 0 amide bonds. The maximum Gasteiger partial charge on any atom is 0.0887 e. The maximum atomic E-state index is 10.2. The van der Waals surface area contributed by atoms with Crippen molar-refractivity contribution in [1.29, 1.82) is 0 Å². The molecule has 4 heteroatoms. The smallest absolute Gasteiger partial charge is 0.0887 e. The Kier molecular flexibility index (Phi) is 3.97. The van der Waals surface area contributed by atoms with E-state index in [0.29, 0.717) is 0 Å². The summed E-state index contributed by atoms with van der Waals surface area (Å²) in [6.07, 6.45) is 6.15. The number of rotatable bonds is 5. The van der Waals surface area contributed by atoms with Gasteiger partial charge in [-0.2, -0.15) is 5.10 Å². The van der Waals surface area contributed by atoms with Gasteiger partial charge >= 0.3 is 0 Å². The molecule has 1 N–H and O–H groups in total. The van der Waals surface area contributed by atoms with E-state index in [4.69, 9.17) is 0 Å². The molecule has 0 saturated carbocycles. The fourth-order valence-corrected chi connectivity index (χ4v) is 2.98. The molecule has 1 atom stereocenters. The number of aliphatic hydroxyl groups excluding tert-OH is 1. The van der Waals surface area contributed by atoms with E-state index in [2.05, 4.69) is 23.5 Å². The fourth-order valence-electron chi connectivity index (χ4n) is 1.97. The first-order chi connectivity index (χ1) is 8.20. The van der Waals surface area contributed by atoms with Gasteiger partial charge in [-0.25, -0.2) is 0 Å². The number of aliphatic hydroxyl groups is 1. The molecule has 0 aliphatic carbocycles. The molecule has 92 valence electrons. The molecular formula is C13H18N2OS. The van der Waals surface area contributed by atoms with Crippen LogP contribution in [0.4, 0.5) is 0 Å². The molecule has 0 aromatic carbocycles. The van der Waals surface area contributed by atoms with Gasteiger partial charge in [-0.3, -0.25) is 4.68 Å². The van der Waals surface area contributed by atoms with Gasteiger partial charge in [0.05, 0.1) is 12.3 Å². The Balaban J connectivity index is 1.95. The van der Waals surface area contributed by atoms with Crippen LogP contribution in [0, 0.1) is 0 Å². The molecule has 1 unspecified atom stereocenters. The Morgan fingerprint density at radius 2 is 2.35 bits per heavy atom. The summed E-state index contributed by atoms with van der Waals surface area (Å²) in [6.45, 7) is 2.12. The topological polar surface area (TPSA) is 38.1 Å². The lowest BCUT2D eigenvalue weighted by Gasteiger charge is -2.09. The SMILES string of the molecule is CCc1ccsc1C(O)CCc1cnn(C)c1. The Morgan fingerprint density at radius 1 is 1.53 bits per heavy atom. The minimum absolute atomic E-state index is 0.342. The largest absolute Gasteiger partial charge is 0.388 e. The van der Waals surface area contributed by atoms with Gasteiger partial charge in [0.2, 0.25) is 0 Å². The second-order valence-electron chi connectivity index (χ2n) is 4.24. The van der Waals surface area contributed by atoms with E-state index in [1.165, 1.54) is 11.1 Å². The van der Waals surface area contributed by atoms with E-state index in [-0.39, 0.29) is 6.10 Å². The molecule has 2 heterocycles. The molecule has 2 aromatic rings. The summed E-state index contributed by atoms with van der Waals surface area (Å²) >= 11 is 1.65. The average Bonchev–Trinajstić information content (AvgIpc) is 2.94. The zero-order valence-corrected chi connectivity index (χ0v) is 11.1. The first-order valence-corrected chi connectivity index (χ1v) is 6.80. The van der Waals surface area contributed by atoms with Gasteiger partial charge in [-0.05, 0) is 41.8 Å². The predicted octanol–water partition coefficient (Wildman–Crippen LogP) is 2.71. The quantitative estimate of drug-likeness (QED) is 0.886. The summed E-state index contributed by atoms with van der Waals surface area (Å²) in [7, 11) is 1.91. The lowest BCUT2D eigenvalue weighted by Crippen LogP contribution is -1.99. The van der Waals surface area contributed by atoms with Crippen LogP contribution in [-0.2, 0) is 19.9 Å². The van der Waals surface area contributed by atoms with Crippen molar-refractivity contribution < 1.29 is 5.11 Å². The molecule has 17 heavy (non-hydrogen) atoms. The number of aryl methyl sites for hydroxylation is 3. The molecule has 0 fully saturated rings. The van der Waals surface area contributed by atoms with Crippen molar-refractivity contribution in [3.8, 4) is 0 Å². The van der Waals surface area contributed by atoms with Gasteiger partial charge < -0.3 is 5.11 Å². The standard InChI is InChI=1S/C13H18N2OS/c1-3-11-6-7-17-13(11)12(16)5-4-10-8-14-15(2)9-10/h6-9,12,16H,3-5H2,1-2H3. The lowest BCUT2D eigenvalue weighted by atomic mass is 10.1. The lowest BCUT2D eigenvalue weighted by molar-refractivity contribution is 0.170. The predicted molar refractivity (Wildman–Crippen MR) is 70.2 cm³/mol. The minimum Gasteiger partial charge on any atom is -0.388 e. The molecule has 0 aliphatic heterocycles. The number of nitrogens with zero attached hydrogens (tertiary/aromatic N) is 2. The monoisotopic (exact) mass is 250 g/mol. The number of aromatic nitrogens is 2. The van der Waals surface area contributed by atoms with Crippen molar-refractivity contribution in [1.82, 2.24) is 9.78 Å². The third-order valence-electron chi connectivity index (χ3n) is 2.93.